The number of rotatable bonds is 4. The molecular formula is C27H19NO2. The molecule has 4 aromatic rings. The molecule has 0 spiro atoms. The Morgan fingerprint density at radius 2 is 1.40 bits per heavy atom. The van der Waals surface area contributed by atoms with E-state index in [9.17, 15) is 0 Å². The van der Waals surface area contributed by atoms with Gasteiger partial charge < -0.3 is 9.47 Å². The molecule has 3 heteroatoms. The van der Waals surface area contributed by atoms with Gasteiger partial charge in [-0.15, -0.1) is 0 Å². The molecule has 0 unspecified atom stereocenters. The van der Waals surface area contributed by atoms with Crippen LogP contribution in [-0.2, 0) is 0 Å². The van der Waals surface area contributed by atoms with E-state index in [1.54, 1.807) is 13.8 Å². The first kappa shape index (κ1) is 19.1. The van der Waals surface area contributed by atoms with Crippen molar-refractivity contribution in [2.24, 2.45) is 0 Å². The molecule has 0 bridgehead atoms. The fourth-order valence-electron chi connectivity index (χ4n) is 3.26. The topological polar surface area (TPSA) is 31.4 Å². The lowest BCUT2D eigenvalue weighted by atomic mass is 9.99. The quantitative estimate of drug-likeness (QED) is 0.385. The van der Waals surface area contributed by atoms with Crippen LogP contribution in [0.1, 0.15) is 13.8 Å². The van der Waals surface area contributed by atoms with Crippen LogP contribution in [0.4, 0.5) is 0 Å². The largest absolute Gasteiger partial charge is 0.404 e. The van der Waals surface area contributed by atoms with E-state index in [0.29, 0.717) is 11.5 Å². The van der Waals surface area contributed by atoms with Crippen molar-refractivity contribution in [3.8, 4) is 57.9 Å². The van der Waals surface area contributed by atoms with E-state index in [1.807, 2.05) is 48.7 Å². The minimum absolute atomic E-state index is 0.526. The first-order chi connectivity index (χ1) is 14.8. The van der Waals surface area contributed by atoms with Gasteiger partial charge in [-0.3, -0.25) is 4.98 Å². The number of nitrogens with zero attached hydrogens (tertiary/aromatic N) is 1. The molecule has 0 radical (unpaired) electrons. The third kappa shape index (κ3) is 3.97. The minimum atomic E-state index is 0.526. The van der Waals surface area contributed by atoms with Gasteiger partial charge in [0.15, 0.2) is 11.5 Å². The summed E-state index contributed by atoms with van der Waals surface area (Å²) in [5, 5.41) is 2.29. The lowest BCUT2D eigenvalue weighted by Crippen LogP contribution is -1.91. The van der Waals surface area contributed by atoms with Crippen LogP contribution in [0.15, 0.2) is 79.0 Å². The van der Waals surface area contributed by atoms with Crippen LogP contribution in [0, 0.1) is 24.1 Å². The molecule has 4 rings (SSSR count). The zero-order valence-electron chi connectivity index (χ0n) is 16.8. The van der Waals surface area contributed by atoms with Gasteiger partial charge in [0.2, 0.25) is 0 Å². The van der Waals surface area contributed by atoms with Crippen molar-refractivity contribution in [3.63, 3.8) is 0 Å². The van der Waals surface area contributed by atoms with Crippen LogP contribution in [0.25, 0.3) is 33.2 Å². The molecule has 0 aliphatic rings. The predicted octanol–water partition coefficient (Wildman–Crippen LogP) is 6.29. The summed E-state index contributed by atoms with van der Waals surface area (Å²) >= 11 is 0. The van der Waals surface area contributed by atoms with Gasteiger partial charge >= 0.3 is 0 Å². The summed E-state index contributed by atoms with van der Waals surface area (Å²) < 4.78 is 11.0. The van der Waals surface area contributed by atoms with Gasteiger partial charge in [0, 0.05) is 31.0 Å². The third-order valence-electron chi connectivity index (χ3n) is 4.61. The summed E-state index contributed by atoms with van der Waals surface area (Å²) in [6, 6.07) is 24.3. The summed E-state index contributed by atoms with van der Waals surface area (Å²) in [6.45, 7) is 3.43. The van der Waals surface area contributed by atoms with Crippen molar-refractivity contribution in [1.82, 2.24) is 4.98 Å². The van der Waals surface area contributed by atoms with Crippen LogP contribution in [0.5, 0.6) is 11.5 Å². The highest BCUT2D eigenvalue weighted by atomic mass is 16.5. The van der Waals surface area contributed by atoms with Gasteiger partial charge in [-0.2, -0.15) is 0 Å². The number of hydrogen-bond donors (Lipinski definition) is 0. The second-order valence-corrected chi connectivity index (χ2v) is 6.53. The van der Waals surface area contributed by atoms with E-state index >= 15 is 0 Å². The van der Waals surface area contributed by atoms with Crippen molar-refractivity contribution in [3.05, 3.63) is 79.0 Å². The van der Waals surface area contributed by atoms with Crippen molar-refractivity contribution < 1.29 is 9.47 Å². The fourth-order valence-corrected chi connectivity index (χ4v) is 3.26. The number of aromatic nitrogens is 1. The molecule has 0 aliphatic carbocycles. The lowest BCUT2D eigenvalue weighted by molar-refractivity contribution is 0.452. The molecule has 0 N–H and O–H groups in total. The van der Waals surface area contributed by atoms with E-state index < -0.39 is 0 Å². The molecule has 3 nitrogen and oxygen atoms in total. The van der Waals surface area contributed by atoms with E-state index in [2.05, 4.69) is 59.4 Å². The van der Waals surface area contributed by atoms with Crippen LogP contribution in [0.2, 0.25) is 0 Å². The summed E-state index contributed by atoms with van der Waals surface area (Å²) in [6.07, 6.45) is 7.08. The Labute approximate surface area is 176 Å². The second-order valence-electron chi connectivity index (χ2n) is 6.53. The molecule has 0 amide bonds. The van der Waals surface area contributed by atoms with Crippen molar-refractivity contribution >= 4 is 10.8 Å². The van der Waals surface area contributed by atoms with E-state index in [1.165, 1.54) is 5.39 Å². The Hall–Kier alpha value is -4.21. The predicted molar refractivity (Wildman–Crippen MR) is 121 cm³/mol. The van der Waals surface area contributed by atoms with Gasteiger partial charge in [0.05, 0.1) is 5.69 Å². The molecule has 0 saturated carbocycles. The highest BCUT2D eigenvalue weighted by Crippen LogP contribution is 2.35. The van der Waals surface area contributed by atoms with Crippen LogP contribution < -0.4 is 9.47 Å². The molecule has 0 fully saturated rings. The van der Waals surface area contributed by atoms with Crippen LogP contribution in [0.3, 0.4) is 0 Å². The monoisotopic (exact) mass is 389 g/mol. The molecule has 0 aliphatic heterocycles. The van der Waals surface area contributed by atoms with E-state index in [0.717, 1.165) is 27.8 Å². The van der Waals surface area contributed by atoms with Crippen molar-refractivity contribution in [2.75, 3.05) is 0 Å². The third-order valence-corrected chi connectivity index (χ3v) is 4.61. The van der Waals surface area contributed by atoms with Crippen LogP contribution >= 0.6 is 0 Å². The summed E-state index contributed by atoms with van der Waals surface area (Å²) in [5.74, 6) is 6.51. The molecule has 0 atom stereocenters. The van der Waals surface area contributed by atoms with Crippen molar-refractivity contribution in [2.45, 2.75) is 13.8 Å². The molecule has 30 heavy (non-hydrogen) atoms. The Balaban J connectivity index is 1.78. The van der Waals surface area contributed by atoms with Gasteiger partial charge in [0.1, 0.15) is 12.2 Å². The smallest absolute Gasteiger partial charge is 0.184 e. The Morgan fingerprint density at radius 3 is 2.23 bits per heavy atom. The van der Waals surface area contributed by atoms with Gasteiger partial charge in [-0.1, -0.05) is 60.4 Å². The van der Waals surface area contributed by atoms with Crippen molar-refractivity contribution in [1.29, 1.82) is 0 Å². The maximum atomic E-state index is 5.55. The SMILES string of the molecule is CC#COc1ccc(-c2cccc(-c3nccc4ccccc34)c2)cc1OC#CC. The Kier molecular flexibility index (Phi) is 5.65. The minimum Gasteiger partial charge on any atom is -0.404 e. The number of hydrogen-bond acceptors (Lipinski definition) is 3. The average molecular weight is 389 g/mol. The van der Waals surface area contributed by atoms with Crippen LogP contribution in [-0.4, -0.2) is 4.98 Å². The Morgan fingerprint density at radius 1 is 0.667 bits per heavy atom. The zero-order valence-corrected chi connectivity index (χ0v) is 16.8. The highest BCUT2D eigenvalue weighted by Gasteiger charge is 2.10. The molecule has 3 aromatic carbocycles. The maximum Gasteiger partial charge on any atom is 0.184 e. The normalized spacial score (nSPS) is 9.80. The van der Waals surface area contributed by atoms with E-state index in [-0.39, 0.29) is 0 Å². The van der Waals surface area contributed by atoms with Gasteiger partial charge in [-0.25, -0.2) is 0 Å². The highest BCUT2D eigenvalue weighted by molar-refractivity contribution is 5.95. The maximum absolute atomic E-state index is 5.55. The summed E-state index contributed by atoms with van der Waals surface area (Å²) in [4.78, 5) is 4.64. The molecule has 1 heterocycles. The molecule has 144 valence electrons. The van der Waals surface area contributed by atoms with Gasteiger partial charge in [-0.05, 0) is 40.8 Å². The first-order valence-corrected chi connectivity index (χ1v) is 9.56. The molecule has 1 aromatic heterocycles. The first-order valence-electron chi connectivity index (χ1n) is 9.56. The number of pyridine rings is 1. The lowest BCUT2D eigenvalue weighted by Gasteiger charge is -2.10. The second kappa shape index (κ2) is 8.86. The van der Waals surface area contributed by atoms with E-state index in [4.69, 9.17) is 9.47 Å². The molecular weight excluding hydrogens is 370 g/mol. The Bertz CT molecular complexity index is 1330. The van der Waals surface area contributed by atoms with Gasteiger partial charge in [0.25, 0.3) is 0 Å². The number of fused-ring (bicyclic) bond motifs is 1. The average Bonchev–Trinajstić information content (AvgIpc) is 2.81. The standard InChI is InChI=1S/C27H19NO2/c1-3-16-29-25-13-12-22(19-26(25)30-17-4-2)21-9-7-10-23(18-21)27-24-11-6-5-8-20(24)14-15-28-27/h5-15,18-19H,1-2H3. The number of benzene rings is 3. The summed E-state index contributed by atoms with van der Waals surface area (Å²) in [7, 11) is 0. The fraction of sp³-hybridized carbons (Fsp3) is 0.0741. The summed E-state index contributed by atoms with van der Waals surface area (Å²) in [5.41, 5.74) is 4.05. The number of ether oxygens (including phenoxy) is 2. The zero-order chi connectivity index (χ0) is 20.8. The molecule has 0 saturated heterocycles.